The van der Waals surface area contributed by atoms with Crippen molar-refractivity contribution < 1.29 is 14.6 Å². The quantitative estimate of drug-likeness (QED) is 0.837. The Labute approximate surface area is 109 Å². The van der Waals surface area contributed by atoms with Gasteiger partial charge in [-0.3, -0.25) is 9.59 Å². The Morgan fingerprint density at radius 1 is 1.56 bits per heavy atom. The first-order chi connectivity index (χ1) is 8.38. The largest absolute Gasteiger partial charge is 0.504 e. The number of hydrogen-bond donors (Lipinski definition) is 1. The van der Waals surface area contributed by atoms with Crippen LogP contribution in [0.15, 0.2) is 4.79 Å². The number of aromatic nitrogens is 2. The molecule has 1 rings (SSSR count). The minimum atomic E-state index is -0.716. The molecule has 0 saturated heterocycles. The van der Waals surface area contributed by atoms with Gasteiger partial charge < -0.3 is 9.84 Å². The van der Waals surface area contributed by atoms with Crippen LogP contribution < -0.4 is 5.56 Å². The van der Waals surface area contributed by atoms with E-state index in [-0.39, 0.29) is 35.5 Å². The maximum atomic E-state index is 11.7. The fourth-order valence-corrected chi connectivity index (χ4v) is 1.57. The van der Waals surface area contributed by atoms with Crippen LogP contribution in [0.4, 0.5) is 0 Å². The third kappa shape index (κ3) is 3.01. The van der Waals surface area contributed by atoms with Crippen LogP contribution in [-0.4, -0.2) is 27.5 Å². The van der Waals surface area contributed by atoms with Crippen molar-refractivity contribution >= 4 is 17.6 Å². The number of ether oxygens (including phenoxy) is 1. The Hall–Kier alpha value is -1.56. The molecule has 0 saturated carbocycles. The van der Waals surface area contributed by atoms with Gasteiger partial charge in [0.25, 0.3) is 5.56 Å². The van der Waals surface area contributed by atoms with Crippen LogP contribution in [0, 0.1) is 0 Å². The highest BCUT2D eigenvalue weighted by Gasteiger charge is 2.18. The zero-order chi connectivity index (χ0) is 13.9. The average Bonchev–Trinajstić information content (AvgIpc) is 2.30. The van der Waals surface area contributed by atoms with E-state index in [4.69, 9.17) is 16.3 Å². The molecule has 0 amide bonds. The predicted molar refractivity (Wildman–Crippen MR) is 65.9 cm³/mol. The molecule has 0 spiro atoms. The third-order valence-corrected chi connectivity index (χ3v) is 2.57. The highest BCUT2D eigenvalue weighted by molar-refractivity contribution is 6.31. The van der Waals surface area contributed by atoms with Gasteiger partial charge in [0.15, 0.2) is 10.8 Å². The molecule has 0 radical (unpaired) electrons. The van der Waals surface area contributed by atoms with Crippen LogP contribution in [0.5, 0.6) is 5.75 Å². The number of carbonyl (C=O) groups is 1. The Morgan fingerprint density at radius 2 is 2.17 bits per heavy atom. The lowest BCUT2D eigenvalue weighted by Crippen LogP contribution is -2.29. The number of aromatic hydroxyl groups is 1. The van der Waals surface area contributed by atoms with E-state index >= 15 is 0 Å². The van der Waals surface area contributed by atoms with E-state index in [2.05, 4.69) is 5.10 Å². The van der Waals surface area contributed by atoms with Crippen molar-refractivity contribution in [2.75, 3.05) is 6.61 Å². The maximum absolute atomic E-state index is 11.7. The Kier molecular flexibility index (Phi) is 4.72. The lowest BCUT2D eigenvalue weighted by molar-refractivity contribution is -0.144. The third-order valence-electron chi connectivity index (χ3n) is 2.23. The van der Waals surface area contributed by atoms with Gasteiger partial charge in [0.2, 0.25) is 0 Å². The molecule has 6 nitrogen and oxygen atoms in total. The minimum absolute atomic E-state index is 0.128. The van der Waals surface area contributed by atoms with E-state index < -0.39 is 11.5 Å². The van der Waals surface area contributed by atoms with Crippen molar-refractivity contribution in [3.05, 3.63) is 21.1 Å². The molecular weight excluding hydrogens is 260 g/mol. The summed E-state index contributed by atoms with van der Waals surface area (Å²) in [7, 11) is 0. The molecule has 0 atom stereocenters. The molecular formula is C11H15ClN2O4. The lowest BCUT2D eigenvalue weighted by Gasteiger charge is -2.12. The molecule has 1 N–H and O–H groups in total. The second-order valence-electron chi connectivity index (χ2n) is 3.97. The van der Waals surface area contributed by atoms with Crippen molar-refractivity contribution in [3.8, 4) is 5.75 Å². The van der Waals surface area contributed by atoms with Crippen LogP contribution in [0.2, 0.25) is 5.02 Å². The van der Waals surface area contributed by atoms with E-state index in [0.29, 0.717) is 0 Å². The van der Waals surface area contributed by atoms with Gasteiger partial charge in [-0.25, -0.2) is 4.68 Å². The summed E-state index contributed by atoms with van der Waals surface area (Å²) in [6.45, 7) is 5.13. The van der Waals surface area contributed by atoms with Crippen LogP contribution in [0.25, 0.3) is 0 Å². The van der Waals surface area contributed by atoms with E-state index in [9.17, 15) is 14.7 Å². The van der Waals surface area contributed by atoms with Crippen LogP contribution in [0.1, 0.15) is 32.4 Å². The molecule has 7 heteroatoms. The van der Waals surface area contributed by atoms with Crippen molar-refractivity contribution in [1.29, 1.82) is 0 Å². The normalized spacial score (nSPS) is 10.7. The highest BCUT2D eigenvalue weighted by Crippen LogP contribution is 2.27. The van der Waals surface area contributed by atoms with Gasteiger partial charge >= 0.3 is 5.97 Å². The molecule has 100 valence electrons. The van der Waals surface area contributed by atoms with Gasteiger partial charge in [-0.1, -0.05) is 25.4 Å². The fraction of sp³-hybridized carbons (Fsp3) is 0.545. The summed E-state index contributed by atoms with van der Waals surface area (Å²) in [4.78, 5) is 23.0. The van der Waals surface area contributed by atoms with Gasteiger partial charge in [0.1, 0.15) is 12.2 Å². The number of halogens is 1. The first kappa shape index (κ1) is 14.5. The number of rotatable bonds is 4. The van der Waals surface area contributed by atoms with E-state index in [1.54, 1.807) is 20.8 Å². The molecule has 1 heterocycles. The lowest BCUT2D eigenvalue weighted by atomic mass is 10.1. The summed E-state index contributed by atoms with van der Waals surface area (Å²) in [6.07, 6.45) is 0. The molecule has 0 fully saturated rings. The molecule has 0 bridgehead atoms. The molecule has 0 aliphatic rings. The minimum Gasteiger partial charge on any atom is -0.504 e. The molecule has 0 aromatic carbocycles. The average molecular weight is 275 g/mol. The van der Waals surface area contributed by atoms with Crippen LogP contribution >= 0.6 is 11.6 Å². The summed E-state index contributed by atoms with van der Waals surface area (Å²) in [5.41, 5.74) is -0.449. The van der Waals surface area contributed by atoms with Crippen molar-refractivity contribution in [2.24, 2.45) is 0 Å². The van der Waals surface area contributed by atoms with Crippen molar-refractivity contribution in [3.63, 3.8) is 0 Å². The monoisotopic (exact) mass is 274 g/mol. The second kappa shape index (κ2) is 5.86. The van der Waals surface area contributed by atoms with Crippen molar-refractivity contribution in [1.82, 2.24) is 9.78 Å². The Morgan fingerprint density at radius 3 is 2.67 bits per heavy atom. The van der Waals surface area contributed by atoms with Gasteiger partial charge in [-0.05, 0) is 6.92 Å². The van der Waals surface area contributed by atoms with Gasteiger partial charge in [0.05, 0.1) is 6.61 Å². The molecule has 1 aromatic heterocycles. The first-order valence-electron chi connectivity index (χ1n) is 5.53. The molecule has 18 heavy (non-hydrogen) atoms. The molecule has 1 aromatic rings. The number of carbonyl (C=O) groups excluding carboxylic acids is 1. The summed E-state index contributed by atoms with van der Waals surface area (Å²) < 4.78 is 5.63. The van der Waals surface area contributed by atoms with E-state index in [1.807, 2.05) is 0 Å². The van der Waals surface area contributed by atoms with Gasteiger partial charge in [-0.2, -0.15) is 5.10 Å². The summed E-state index contributed by atoms with van der Waals surface area (Å²) >= 11 is 5.72. The number of esters is 1. The van der Waals surface area contributed by atoms with Gasteiger partial charge in [0, 0.05) is 5.92 Å². The van der Waals surface area contributed by atoms with Gasteiger partial charge in [-0.15, -0.1) is 0 Å². The second-order valence-corrected chi connectivity index (χ2v) is 4.35. The SMILES string of the molecule is CCOC(=O)Cn1nc(C(C)C)c(O)c(Cl)c1=O. The zero-order valence-corrected chi connectivity index (χ0v) is 11.2. The predicted octanol–water partition coefficient (Wildman–Crippen LogP) is 1.29. The number of nitrogens with zero attached hydrogens (tertiary/aromatic N) is 2. The molecule has 0 aliphatic carbocycles. The summed E-state index contributed by atoms with van der Waals surface area (Å²) in [5.74, 6) is -1.04. The Balaban J connectivity index is 3.20. The number of hydrogen-bond acceptors (Lipinski definition) is 5. The van der Waals surface area contributed by atoms with Crippen molar-refractivity contribution in [2.45, 2.75) is 33.2 Å². The van der Waals surface area contributed by atoms with Crippen LogP contribution in [0.3, 0.4) is 0 Å². The van der Waals surface area contributed by atoms with E-state index in [1.165, 1.54) is 0 Å². The van der Waals surface area contributed by atoms with E-state index in [0.717, 1.165) is 4.68 Å². The summed E-state index contributed by atoms with van der Waals surface area (Å²) in [6, 6.07) is 0. The topological polar surface area (TPSA) is 81.4 Å². The highest BCUT2D eigenvalue weighted by atomic mass is 35.5. The maximum Gasteiger partial charge on any atom is 0.327 e. The van der Waals surface area contributed by atoms with Crippen LogP contribution in [-0.2, 0) is 16.1 Å². The molecule has 0 aliphatic heterocycles. The Bertz CT molecular complexity index is 511. The fourth-order valence-electron chi connectivity index (χ4n) is 1.37. The summed E-state index contributed by atoms with van der Waals surface area (Å²) in [5, 5.41) is 13.3. The zero-order valence-electron chi connectivity index (χ0n) is 10.4. The smallest absolute Gasteiger partial charge is 0.327 e. The molecule has 0 unspecified atom stereocenters. The standard InChI is InChI=1S/C11H15ClN2O4/c1-4-18-7(15)5-14-11(17)8(12)10(16)9(13-14)6(2)3/h6,16H,4-5H2,1-3H3. The first-order valence-corrected chi connectivity index (χ1v) is 5.91.